The third-order valence-electron chi connectivity index (χ3n) is 3.43. The number of nitrogens with one attached hydrogen (secondary N) is 1. The number of aromatic nitrogens is 3. The molecule has 104 valence electrons. The molecule has 0 aliphatic heterocycles. The fourth-order valence-electron chi connectivity index (χ4n) is 2.49. The van der Waals surface area contributed by atoms with Crippen molar-refractivity contribution in [1.82, 2.24) is 15.0 Å². The van der Waals surface area contributed by atoms with E-state index in [-0.39, 0.29) is 1.43 Å². The highest BCUT2D eigenvalue weighted by Gasteiger charge is 2.12. The number of hydrogen-bond acceptors (Lipinski definition) is 3. The molecule has 3 heterocycles. The SMILES string of the molecule is Cc1nc(-c2cccs2)c2[nH]c(-c3ccccc3)cc2n1.[HH]. The van der Waals surface area contributed by atoms with Crippen LogP contribution < -0.4 is 0 Å². The minimum Gasteiger partial charge on any atom is -0.351 e. The molecular weight excluding hydrogens is 278 g/mol. The molecule has 0 amide bonds. The van der Waals surface area contributed by atoms with E-state index in [2.05, 4.69) is 44.6 Å². The zero-order valence-corrected chi connectivity index (χ0v) is 12.3. The van der Waals surface area contributed by atoms with Crippen LogP contribution in [0.25, 0.3) is 32.9 Å². The average molecular weight is 293 g/mol. The predicted octanol–water partition coefficient (Wildman–Crippen LogP) is 4.91. The van der Waals surface area contributed by atoms with Gasteiger partial charge in [0.25, 0.3) is 0 Å². The minimum atomic E-state index is 0. The highest BCUT2D eigenvalue weighted by Crippen LogP contribution is 2.31. The summed E-state index contributed by atoms with van der Waals surface area (Å²) < 4.78 is 0. The second-order valence-electron chi connectivity index (χ2n) is 4.91. The maximum absolute atomic E-state index is 4.62. The average Bonchev–Trinajstić information content (AvgIpc) is 3.16. The number of aromatic amines is 1. The molecule has 0 radical (unpaired) electrons. The lowest BCUT2D eigenvalue weighted by atomic mass is 10.2. The summed E-state index contributed by atoms with van der Waals surface area (Å²) >= 11 is 1.69. The van der Waals surface area contributed by atoms with Crippen LogP contribution in [0.15, 0.2) is 53.9 Å². The summed E-state index contributed by atoms with van der Waals surface area (Å²) in [6, 6.07) is 16.5. The van der Waals surface area contributed by atoms with E-state index in [1.807, 2.05) is 31.2 Å². The Labute approximate surface area is 127 Å². The van der Waals surface area contributed by atoms with Gasteiger partial charge in [-0.1, -0.05) is 36.4 Å². The second-order valence-corrected chi connectivity index (χ2v) is 5.85. The van der Waals surface area contributed by atoms with E-state index < -0.39 is 0 Å². The molecule has 0 atom stereocenters. The van der Waals surface area contributed by atoms with Crippen molar-refractivity contribution < 1.29 is 1.43 Å². The van der Waals surface area contributed by atoms with Gasteiger partial charge in [-0.05, 0) is 30.0 Å². The van der Waals surface area contributed by atoms with Crippen LogP contribution in [0.5, 0.6) is 0 Å². The van der Waals surface area contributed by atoms with E-state index in [0.717, 1.165) is 38.7 Å². The molecule has 4 heteroatoms. The number of hydrogen-bond donors (Lipinski definition) is 1. The lowest BCUT2D eigenvalue weighted by molar-refractivity contribution is 1.10. The van der Waals surface area contributed by atoms with Crippen LogP contribution in [0.2, 0.25) is 0 Å². The second kappa shape index (κ2) is 4.82. The van der Waals surface area contributed by atoms with Crippen molar-refractivity contribution in [3.63, 3.8) is 0 Å². The van der Waals surface area contributed by atoms with Gasteiger partial charge < -0.3 is 4.98 Å². The van der Waals surface area contributed by atoms with Gasteiger partial charge in [0.05, 0.1) is 15.9 Å². The summed E-state index contributed by atoms with van der Waals surface area (Å²) in [6.45, 7) is 1.94. The van der Waals surface area contributed by atoms with Crippen LogP contribution in [0, 0.1) is 6.92 Å². The van der Waals surface area contributed by atoms with Crippen molar-refractivity contribution in [3.8, 4) is 21.8 Å². The molecule has 0 aliphatic rings. The van der Waals surface area contributed by atoms with Crippen molar-refractivity contribution >= 4 is 22.4 Å². The first kappa shape index (κ1) is 12.3. The normalized spacial score (nSPS) is 11.1. The van der Waals surface area contributed by atoms with Crippen molar-refractivity contribution in [1.29, 1.82) is 0 Å². The number of rotatable bonds is 2. The topological polar surface area (TPSA) is 41.6 Å². The Kier molecular flexibility index (Phi) is 2.82. The Morgan fingerprint density at radius 3 is 2.67 bits per heavy atom. The Hall–Kier alpha value is -2.46. The van der Waals surface area contributed by atoms with Gasteiger partial charge >= 0.3 is 0 Å². The number of nitrogens with zero attached hydrogens (tertiary/aromatic N) is 2. The standard InChI is InChI=1S/C17H13N3S.H2/c1-11-18-14-10-13(12-6-3-2-4-7-12)20-16(14)17(19-11)15-8-5-9-21-15;/h2-10,20H,1H3;1H. The van der Waals surface area contributed by atoms with Gasteiger partial charge in [-0.25, -0.2) is 9.97 Å². The number of aryl methyl sites for hydroxylation is 1. The van der Waals surface area contributed by atoms with Gasteiger partial charge in [-0.3, -0.25) is 0 Å². The molecule has 1 N–H and O–H groups in total. The number of fused-ring (bicyclic) bond motifs is 1. The molecule has 0 bridgehead atoms. The summed E-state index contributed by atoms with van der Waals surface area (Å²) in [5.41, 5.74) is 5.18. The summed E-state index contributed by atoms with van der Waals surface area (Å²) in [6.07, 6.45) is 0. The fourth-order valence-corrected chi connectivity index (χ4v) is 3.21. The molecular formula is C17H15N3S. The van der Waals surface area contributed by atoms with E-state index in [4.69, 9.17) is 0 Å². The predicted molar refractivity (Wildman–Crippen MR) is 89.5 cm³/mol. The molecule has 0 aliphatic carbocycles. The van der Waals surface area contributed by atoms with Crippen LogP contribution in [0.3, 0.4) is 0 Å². The number of thiophene rings is 1. The first-order valence-electron chi connectivity index (χ1n) is 6.78. The maximum atomic E-state index is 4.62. The van der Waals surface area contributed by atoms with Gasteiger partial charge in [0, 0.05) is 7.12 Å². The highest BCUT2D eigenvalue weighted by atomic mass is 32.1. The van der Waals surface area contributed by atoms with Crippen molar-refractivity contribution in [3.05, 3.63) is 59.7 Å². The molecule has 0 fully saturated rings. The molecule has 4 aromatic rings. The van der Waals surface area contributed by atoms with Gasteiger partial charge in [0.2, 0.25) is 0 Å². The van der Waals surface area contributed by atoms with Crippen LogP contribution >= 0.6 is 11.3 Å². The lowest BCUT2D eigenvalue weighted by Gasteiger charge is -2.01. The van der Waals surface area contributed by atoms with E-state index in [1.54, 1.807) is 11.3 Å². The zero-order valence-electron chi connectivity index (χ0n) is 11.5. The molecule has 0 saturated heterocycles. The molecule has 4 rings (SSSR count). The Morgan fingerprint density at radius 2 is 1.90 bits per heavy atom. The lowest BCUT2D eigenvalue weighted by Crippen LogP contribution is -1.91. The van der Waals surface area contributed by atoms with Gasteiger partial charge in [0.15, 0.2) is 0 Å². The smallest absolute Gasteiger partial charge is 0.126 e. The number of benzene rings is 1. The third kappa shape index (κ3) is 2.14. The quantitative estimate of drug-likeness (QED) is 0.570. The van der Waals surface area contributed by atoms with E-state index in [1.165, 1.54) is 0 Å². The van der Waals surface area contributed by atoms with Gasteiger partial charge in [-0.2, -0.15) is 0 Å². The third-order valence-corrected chi connectivity index (χ3v) is 4.31. The van der Waals surface area contributed by atoms with Crippen molar-refractivity contribution in [2.45, 2.75) is 6.92 Å². The van der Waals surface area contributed by atoms with Crippen LogP contribution in [-0.2, 0) is 0 Å². The molecule has 1 aromatic carbocycles. The summed E-state index contributed by atoms with van der Waals surface area (Å²) in [5.74, 6) is 0.796. The number of H-pyrrole nitrogens is 1. The van der Waals surface area contributed by atoms with Crippen molar-refractivity contribution in [2.24, 2.45) is 0 Å². The molecule has 3 aromatic heterocycles. The first-order valence-corrected chi connectivity index (χ1v) is 7.66. The monoisotopic (exact) mass is 293 g/mol. The highest BCUT2D eigenvalue weighted by molar-refractivity contribution is 7.13. The summed E-state index contributed by atoms with van der Waals surface area (Å²) in [7, 11) is 0. The maximum Gasteiger partial charge on any atom is 0.126 e. The minimum absolute atomic E-state index is 0. The molecule has 0 saturated carbocycles. The summed E-state index contributed by atoms with van der Waals surface area (Å²) in [4.78, 5) is 13.8. The first-order chi connectivity index (χ1) is 10.3. The molecule has 3 nitrogen and oxygen atoms in total. The zero-order chi connectivity index (χ0) is 14.2. The van der Waals surface area contributed by atoms with Gasteiger partial charge in [0.1, 0.15) is 11.5 Å². The van der Waals surface area contributed by atoms with Crippen molar-refractivity contribution in [2.75, 3.05) is 0 Å². The van der Waals surface area contributed by atoms with Gasteiger partial charge in [-0.15, -0.1) is 11.3 Å². The molecule has 0 spiro atoms. The largest absolute Gasteiger partial charge is 0.351 e. The Morgan fingerprint density at radius 1 is 1.05 bits per heavy atom. The molecule has 0 unspecified atom stereocenters. The van der Waals surface area contributed by atoms with E-state index >= 15 is 0 Å². The molecule has 21 heavy (non-hydrogen) atoms. The Balaban J connectivity index is 0.00000144. The van der Waals surface area contributed by atoms with E-state index in [9.17, 15) is 0 Å². The fraction of sp³-hybridized carbons (Fsp3) is 0.0588. The van der Waals surface area contributed by atoms with Crippen LogP contribution in [0.4, 0.5) is 0 Å². The Bertz CT molecular complexity index is 898. The summed E-state index contributed by atoms with van der Waals surface area (Å²) in [5, 5.41) is 2.07. The van der Waals surface area contributed by atoms with Crippen LogP contribution in [0.1, 0.15) is 7.25 Å². The van der Waals surface area contributed by atoms with E-state index in [0.29, 0.717) is 0 Å². The van der Waals surface area contributed by atoms with Crippen LogP contribution in [-0.4, -0.2) is 15.0 Å².